The van der Waals surface area contributed by atoms with E-state index in [4.69, 9.17) is 4.98 Å². The smallest absolute Gasteiger partial charge is 0.0795 e. The molecule has 0 aliphatic rings. The topological polar surface area (TPSA) is 25.8 Å². The molecule has 2 heteroatoms. The molecule has 6 rings (SSSR count). The van der Waals surface area contributed by atoms with Gasteiger partial charge in [-0.05, 0) is 58.7 Å². The molecule has 0 fully saturated rings. The van der Waals surface area contributed by atoms with Crippen LogP contribution in [0.2, 0.25) is 0 Å². The van der Waals surface area contributed by atoms with Crippen LogP contribution >= 0.6 is 0 Å². The van der Waals surface area contributed by atoms with Crippen LogP contribution < -0.4 is 0 Å². The van der Waals surface area contributed by atoms with E-state index in [9.17, 15) is 0 Å². The van der Waals surface area contributed by atoms with Crippen LogP contribution in [-0.4, -0.2) is 9.97 Å². The minimum atomic E-state index is 0.936. The van der Waals surface area contributed by atoms with Gasteiger partial charge in [-0.2, -0.15) is 0 Å². The van der Waals surface area contributed by atoms with E-state index in [1.54, 1.807) is 0 Å². The molecular formula is C31H22N2. The molecule has 0 N–H and O–H groups in total. The van der Waals surface area contributed by atoms with Gasteiger partial charge in [-0.15, -0.1) is 0 Å². The van der Waals surface area contributed by atoms with Crippen LogP contribution in [0.3, 0.4) is 0 Å². The van der Waals surface area contributed by atoms with Gasteiger partial charge in [-0.25, -0.2) is 0 Å². The van der Waals surface area contributed by atoms with Gasteiger partial charge < -0.3 is 0 Å². The van der Waals surface area contributed by atoms with Gasteiger partial charge in [0.25, 0.3) is 0 Å². The third-order valence-corrected chi connectivity index (χ3v) is 6.23. The summed E-state index contributed by atoms with van der Waals surface area (Å²) in [4.78, 5) is 9.36. The lowest BCUT2D eigenvalue weighted by Gasteiger charge is -2.09. The molecule has 0 saturated heterocycles. The Morgan fingerprint density at radius 1 is 0.515 bits per heavy atom. The molecule has 0 saturated carbocycles. The number of aromatic nitrogens is 2. The van der Waals surface area contributed by atoms with Crippen molar-refractivity contribution in [2.45, 2.75) is 6.92 Å². The van der Waals surface area contributed by atoms with Gasteiger partial charge >= 0.3 is 0 Å². The van der Waals surface area contributed by atoms with Crippen molar-refractivity contribution in [2.75, 3.05) is 0 Å². The summed E-state index contributed by atoms with van der Waals surface area (Å²) >= 11 is 0. The molecule has 4 aromatic carbocycles. The Hall–Kier alpha value is -4.30. The molecule has 2 aromatic heterocycles. The number of hydrogen-bond donors (Lipinski definition) is 0. The van der Waals surface area contributed by atoms with E-state index in [0.717, 1.165) is 27.7 Å². The van der Waals surface area contributed by atoms with Crippen LogP contribution in [0.4, 0.5) is 0 Å². The van der Waals surface area contributed by atoms with Crippen LogP contribution in [0.15, 0.2) is 116 Å². The van der Waals surface area contributed by atoms with E-state index in [2.05, 4.69) is 109 Å². The van der Waals surface area contributed by atoms with Crippen LogP contribution in [0, 0.1) is 6.92 Å². The molecule has 2 heterocycles. The average molecular weight is 423 g/mol. The summed E-state index contributed by atoms with van der Waals surface area (Å²) in [6.45, 7) is 2.12. The zero-order valence-electron chi connectivity index (χ0n) is 18.4. The van der Waals surface area contributed by atoms with Crippen LogP contribution in [-0.2, 0) is 0 Å². The predicted molar refractivity (Wildman–Crippen MR) is 138 cm³/mol. The highest BCUT2D eigenvalue weighted by Gasteiger charge is 2.08. The van der Waals surface area contributed by atoms with E-state index < -0.39 is 0 Å². The van der Waals surface area contributed by atoms with E-state index in [1.165, 1.54) is 33.0 Å². The molecule has 0 unspecified atom stereocenters. The first-order valence-corrected chi connectivity index (χ1v) is 11.2. The van der Waals surface area contributed by atoms with Crippen molar-refractivity contribution >= 4 is 21.7 Å². The highest BCUT2D eigenvalue weighted by atomic mass is 14.7. The molecule has 0 aliphatic heterocycles. The molecule has 2 nitrogen and oxygen atoms in total. The summed E-state index contributed by atoms with van der Waals surface area (Å²) in [5.74, 6) is 0. The zero-order valence-corrected chi connectivity index (χ0v) is 18.4. The molecular weight excluding hydrogens is 400 g/mol. The number of benzene rings is 4. The SMILES string of the molecule is Cc1ccc(-c2ccc3ccc(-c4ccc(-c5cccc6cccnc56)nc4)cc3c2)cc1. The lowest BCUT2D eigenvalue weighted by molar-refractivity contribution is 1.32. The summed E-state index contributed by atoms with van der Waals surface area (Å²) in [6, 6.07) is 36.5. The Morgan fingerprint density at radius 2 is 1.21 bits per heavy atom. The Balaban J connectivity index is 1.37. The van der Waals surface area contributed by atoms with Gasteiger partial charge in [-0.1, -0.05) is 84.4 Å². The first-order chi connectivity index (χ1) is 16.2. The molecule has 0 amide bonds. The number of fused-ring (bicyclic) bond motifs is 2. The van der Waals surface area contributed by atoms with Crippen molar-refractivity contribution in [3.63, 3.8) is 0 Å². The first kappa shape index (κ1) is 19.4. The monoisotopic (exact) mass is 422 g/mol. The normalized spacial score (nSPS) is 11.2. The quantitative estimate of drug-likeness (QED) is 0.288. The molecule has 0 aliphatic carbocycles. The predicted octanol–water partition coefficient (Wildman–Crippen LogP) is 8.09. The second kappa shape index (κ2) is 7.99. The van der Waals surface area contributed by atoms with Crippen LogP contribution in [0.5, 0.6) is 0 Å². The van der Waals surface area contributed by atoms with Crippen LogP contribution in [0.25, 0.3) is 55.2 Å². The van der Waals surface area contributed by atoms with Crippen molar-refractivity contribution in [1.82, 2.24) is 9.97 Å². The fourth-order valence-electron chi connectivity index (χ4n) is 4.39. The molecule has 6 aromatic rings. The van der Waals surface area contributed by atoms with E-state index in [1.807, 2.05) is 18.5 Å². The van der Waals surface area contributed by atoms with Crippen molar-refractivity contribution in [3.8, 4) is 33.5 Å². The Labute approximate surface area is 193 Å². The van der Waals surface area contributed by atoms with Gasteiger partial charge in [0, 0.05) is 28.9 Å². The number of rotatable bonds is 3. The number of para-hydroxylation sites is 1. The molecule has 0 spiro atoms. The standard InChI is InChI=1S/C31H22N2/c1-21-7-9-22(10-8-21)25-13-11-23-12-14-26(19-28(23)18-25)27-15-16-30(33-20-27)29-6-2-4-24-5-3-17-32-31(24)29/h2-20H,1H3. The van der Waals surface area contributed by atoms with Crippen molar-refractivity contribution < 1.29 is 0 Å². The zero-order chi connectivity index (χ0) is 22.2. The third-order valence-electron chi connectivity index (χ3n) is 6.23. The van der Waals surface area contributed by atoms with Crippen LogP contribution in [0.1, 0.15) is 5.56 Å². The summed E-state index contributed by atoms with van der Waals surface area (Å²) in [7, 11) is 0. The summed E-state index contributed by atoms with van der Waals surface area (Å²) in [5, 5.41) is 3.59. The second-order valence-corrected chi connectivity index (χ2v) is 8.46. The van der Waals surface area contributed by atoms with Gasteiger partial charge in [0.1, 0.15) is 0 Å². The molecule has 0 bridgehead atoms. The molecule has 0 atom stereocenters. The van der Waals surface area contributed by atoms with Crippen molar-refractivity contribution in [1.29, 1.82) is 0 Å². The van der Waals surface area contributed by atoms with Crippen molar-refractivity contribution in [2.24, 2.45) is 0 Å². The maximum Gasteiger partial charge on any atom is 0.0795 e. The third kappa shape index (κ3) is 3.66. The largest absolute Gasteiger partial charge is 0.256 e. The summed E-state index contributed by atoms with van der Waals surface area (Å²) < 4.78 is 0. The Bertz CT molecular complexity index is 1590. The maximum absolute atomic E-state index is 4.79. The lowest BCUT2D eigenvalue weighted by atomic mass is 9.97. The highest BCUT2D eigenvalue weighted by Crippen LogP contribution is 2.30. The molecule has 0 radical (unpaired) electrons. The summed E-state index contributed by atoms with van der Waals surface area (Å²) in [6.07, 6.45) is 3.79. The minimum absolute atomic E-state index is 0.936. The van der Waals surface area contributed by atoms with E-state index >= 15 is 0 Å². The fourth-order valence-corrected chi connectivity index (χ4v) is 4.39. The highest BCUT2D eigenvalue weighted by molar-refractivity contribution is 5.93. The van der Waals surface area contributed by atoms with E-state index in [-0.39, 0.29) is 0 Å². The van der Waals surface area contributed by atoms with E-state index in [0.29, 0.717) is 0 Å². The number of nitrogens with zero attached hydrogens (tertiary/aromatic N) is 2. The number of pyridine rings is 2. The Kier molecular flexibility index (Phi) is 4.70. The molecule has 33 heavy (non-hydrogen) atoms. The minimum Gasteiger partial charge on any atom is -0.256 e. The van der Waals surface area contributed by atoms with Gasteiger partial charge in [0.2, 0.25) is 0 Å². The fraction of sp³-hybridized carbons (Fsp3) is 0.0323. The van der Waals surface area contributed by atoms with Gasteiger partial charge in [0.05, 0.1) is 11.2 Å². The molecule has 156 valence electrons. The summed E-state index contributed by atoms with van der Waals surface area (Å²) in [5.41, 5.74) is 8.99. The first-order valence-electron chi connectivity index (χ1n) is 11.2. The number of aryl methyl sites for hydroxylation is 1. The van der Waals surface area contributed by atoms with Gasteiger partial charge in [-0.3, -0.25) is 9.97 Å². The second-order valence-electron chi connectivity index (χ2n) is 8.46. The Morgan fingerprint density at radius 3 is 1.97 bits per heavy atom. The maximum atomic E-state index is 4.79. The lowest BCUT2D eigenvalue weighted by Crippen LogP contribution is -1.88. The van der Waals surface area contributed by atoms with Crippen molar-refractivity contribution in [3.05, 3.63) is 121 Å². The average Bonchev–Trinajstić information content (AvgIpc) is 2.88. The van der Waals surface area contributed by atoms with Gasteiger partial charge in [0.15, 0.2) is 0 Å². The number of hydrogen-bond acceptors (Lipinski definition) is 2.